The van der Waals surface area contributed by atoms with E-state index in [1.165, 1.54) is 18.4 Å². The number of likely N-dealkylation sites (tertiary alicyclic amines) is 1. The van der Waals surface area contributed by atoms with Gasteiger partial charge in [-0.05, 0) is 38.3 Å². The first kappa shape index (κ1) is 15.6. The number of carbonyl (C=O) groups is 1. The van der Waals surface area contributed by atoms with E-state index >= 15 is 0 Å². The summed E-state index contributed by atoms with van der Waals surface area (Å²) in [5.41, 5.74) is 2.30. The lowest BCUT2D eigenvalue weighted by atomic mass is 10.3. The third-order valence-electron chi connectivity index (χ3n) is 2.35. The number of hydrogen-bond acceptors (Lipinski definition) is 2. The highest BCUT2D eigenvalue weighted by Gasteiger charge is 2.06. The Labute approximate surface area is 105 Å². The molecule has 0 saturated carbocycles. The van der Waals surface area contributed by atoms with Crippen molar-refractivity contribution in [2.24, 2.45) is 0 Å². The van der Waals surface area contributed by atoms with E-state index in [2.05, 4.69) is 11.1 Å². The summed E-state index contributed by atoms with van der Waals surface area (Å²) in [6.45, 7) is 9.97. The predicted octanol–water partition coefficient (Wildman–Crippen LogP) is 2.96. The monoisotopic (exact) mass is 236 g/mol. The normalized spacial score (nSPS) is 13.1. The van der Waals surface area contributed by atoms with Gasteiger partial charge in [0.05, 0.1) is 0 Å². The molecular weight excluding hydrogens is 212 g/mol. The van der Waals surface area contributed by atoms with Crippen LogP contribution >= 0.6 is 0 Å². The Morgan fingerprint density at radius 1 is 1.18 bits per heavy atom. The number of amides is 1. The largest absolute Gasteiger partial charge is 0.345 e. The first-order valence-corrected chi connectivity index (χ1v) is 6.31. The molecule has 1 aromatic heterocycles. The van der Waals surface area contributed by atoms with Crippen LogP contribution in [-0.4, -0.2) is 29.4 Å². The van der Waals surface area contributed by atoms with Crippen molar-refractivity contribution in [2.75, 3.05) is 13.1 Å². The molecule has 17 heavy (non-hydrogen) atoms. The molecule has 1 aromatic rings. The zero-order valence-electron chi connectivity index (χ0n) is 11.4. The standard InChI is InChI=1S/C7H9N.C5H9NO.C2H6/c1-6-3-4-7(2)8-5-6;7-5-6-3-1-2-4-6;1-2/h3-5H,1-2H3;5H,1-4H2;1-2H3. The van der Waals surface area contributed by atoms with Gasteiger partial charge in [-0.2, -0.15) is 0 Å². The van der Waals surface area contributed by atoms with E-state index in [0.29, 0.717) is 0 Å². The summed E-state index contributed by atoms with van der Waals surface area (Å²) in [5, 5.41) is 0. The van der Waals surface area contributed by atoms with Crippen LogP contribution in [0.5, 0.6) is 0 Å². The lowest BCUT2D eigenvalue weighted by Gasteiger charge is -2.03. The lowest BCUT2D eigenvalue weighted by Crippen LogP contribution is -2.15. The predicted molar refractivity (Wildman–Crippen MR) is 71.9 cm³/mol. The number of aromatic nitrogens is 1. The van der Waals surface area contributed by atoms with Gasteiger partial charge in [-0.25, -0.2) is 0 Å². The minimum atomic E-state index is 0.924. The first-order chi connectivity index (χ1) is 8.22. The number of nitrogens with zero attached hydrogens (tertiary/aromatic N) is 2. The second-order valence-corrected chi connectivity index (χ2v) is 3.83. The maximum atomic E-state index is 9.93. The van der Waals surface area contributed by atoms with Crippen molar-refractivity contribution in [1.82, 2.24) is 9.88 Å². The number of carbonyl (C=O) groups excluding carboxylic acids is 1. The Morgan fingerprint density at radius 2 is 1.76 bits per heavy atom. The molecule has 0 unspecified atom stereocenters. The molecule has 0 radical (unpaired) electrons. The van der Waals surface area contributed by atoms with Gasteiger partial charge in [0.15, 0.2) is 0 Å². The lowest BCUT2D eigenvalue weighted by molar-refractivity contribution is -0.117. The molecule has 1 aliphatic heterocycles. The molecule has 0 bridgehead atoms. The molecule has 0 N–H and O–H groups in total. The average Bonchev–Trinajstić information content (AvgIpc) is 2.89. The van der Waals surface area contributed by atoms with Gasteiger partial charge in [0, 0.05) is 25.0 Å². The van der Waals surface area contributed by atoms with Crippen LogP contribution < -0.4 is 0 Å². The molecule has 2 heterocycles. The van der Waals surface area contributed by atoms with Gasteiger partial charge in [-0.1, -0.05) is 19.9 Å². The van der Waals surface area contributed by atoms with Crippen LogP contribution in [0, 0.1) is 13.8 Å². The molecule has 0 aromatic carbocycles. The number of pyridine rings is 1. The third-order valence-corrected chi connectivity index (χ3v) is 2.35. The van der Waals surface area contributed by atoms with Crippen molar-refractivity contribution in [2.45, 2.75) is 40.5 Å². The molecule has 1 aliphatic rings. The van der Waals surface area contributed by atoms with Crippen molar-refractivity contribution < 1.29 is 4.79 Å². The number of aryl methyl sites for hydroxylation is 2. The smallest absolute Gasteiger partial charge is 0.209 e. The molecule has 0 aliphatic carbocycles. The summed E-state index contributed by atoms with van der Waals surface area (Å²) >= 11 is 0. The first-order valence-electron chi connectivity index (χ1n) is 6.31. The minimum absolute atomic E-state index is 0.924. The van der Waals surface area contributed by atoms with E-state index in [-0.39, 0.29) is 0 Å². The molecular formula is C14H24N2O. The van der Waals surface area contributed by atoms with Crippen molar-refractivity contribution in [3.63, 3.8) is 0 Å². The van der Waals surface area contributed by atoms with Crippen LogP contribution in [0.2, 0.25) is 0 Å². The van der Waals surface area contributed by atoms with Crippen LogP contribution in [0.1, 0.15) is 37.9 Å². The molecule has 0 atom stereocenters. The van der Waals surface area contributed by atoms with Gasteiger partial charge >= 0.3 is 0 Å². The number of hydrogen-bond donors (Lipinski definition) is 0. The third kappa shape index (κ3) is 7.50. The summed E-state index contributed by atoms with van der Waals surface area (Å²) in [4.78, 5) is 15.8. The highest BCUT2D eigenvalue weighted by molar-refractivity contribution is 5.47. The maximum Gasteiger partial charge on any atom is 0.209 e. The highest BCUT2D eigenvalue weighted by atomic mass is 16.1. The molecule has 1 amide bonds. The van der Waals surface area contributed by atoms with Gasteiger partial charge in [0.1, 0.15) is 0 Å². The van der Waals surface area contributed by atoms with E-state index in [9.17, 15) is 4.79 Å². The Bertz CT molecular complexity index is 269. The van der Waals surface area contributed by atoms with Crippen molar-refractivity contribution in [1.29, 1.82) is 0 Å². The van der Waals surface area contributed by atoms with Gasteiger partial charge in [0.25, 0.3) is 0 Å². The van der Waals surface area contributed by atoms with E-state index in [1.807, 2.05) is 40.0 Å². The summed E-state index contributed by atoms with van der Waals surface area (Å²) in [5.74, 6) is 0. The molecule has 3 heteroatoms. The van der Waals surface area contributed by atoms with E-state index < -0.39 is 0 Å². The Morgan fingerprint density at radius 3 is 2.06 bits per heavy atom. The van der Waals surface area contributed by atoms with E-state index in [4.69, 9.17) is 0 Å². The Kier molecular flexibility index (Phi) is 9.02. The summed E-state index contributed by atoms with van der Waals surface area (Å²) in [7, 11) is 0. The van der Waals surface area contributed by atoms with E-state index in [1.54, 1.807) is 4.90 Å². The molecule has 96 valence electrons. The van der Waals surface area contributed by atoms with Crippen molar-refractivity contribution >= 4 is 6.41 Å². The van der Waals surface area contributed by atoms with Gasteiger partial charge < -0.3 is 4.90 Å². The van der Waals surface area contributed by atoms with Crippen LogP contribution in [0.15, 0.2) is 18.3 Å². The molecule has 3 nitrogen and oxygen atoms in total. The molecule has 0 spiro atoms. The zero-order chi connectivity index (χ0) is 13.1. The minimum Gasteiger partial charge on any atom is -0.345 e. The van der Waals surface area contributed by atoms with E-state index in [0.717, 1.165) is 25.2 Å². The topological polar surface area (TPSA) is 33.2 Å². The maximum absolute atomic E-state index is 9.93. The molecule has 2 rings (SSSR count). The van der Waals surface area contributed by atoms with Crippen molar-refractivity contribution in [3.05, 3.63) is 29.6 Å². The second-order valence-electron chi connectivity index (χ2n) is 3.83. The van der Waals surface area contributed by atoms with Crippen LogP contribution in [0.3, 0.4) is 0 Å². The van der Waals surface area contributed by atoms with Gasteiger partial charge in [0.2, 0.25) is 6.41 Å². The highest BCUT2D eigenvalue weighted by Crippen LogP contribution is 2.02. The van der Waals surface area contributed by atoms with Gasteiger partial charge in [-0.15, -0.1) is 0 Å². The fourth-order valence-corrected chi connectivity index (χ4v) is 1.39. The SMILES string of the molecule is CC.Cc1ccc(C)nc1.O=CN1CCCC1. The number of rotatable bonds is 1. The van der Waals surface area contributed by atoms with Gasteiger partial charge in [-0.3, -0.25) is 9.78 Å². The summed E-state index contributed by atoms with van der Waals surface area (Å²) < 4.78 is 0. The quantitative estimate of drug-likeness (QED) is 0.702. The van der Waals surface area contributed by atoms with Crippen LogP contribution in [-0.2, 0) is 4.79 Å². The fourth-order valence-electron chi connectivity index (χ4n) is 1.39. The average molecular weight is 236 g/mol. The fraction of sp³-hybridized carbons (Fsp3) is 0.571. The Hall–Kier alpha value is -1.38. The molecule has 1 fully saturated rings. The summed E-state index contributed by atoms with van der Waals surface area (Å²) in [6, 6.07) is 4.07. The van der Waals surface area contributed by atoms with Crippen LogP contribution in [0.4, 0.5) is 0 Å². The zero-order valence-corrected chi connectivity index (χ0v) is 11.4. The second kappa shape index (κ2) is 9.82. The summed E-state index contributed by atoms with van der Waals surface area (Å²) in [6.07, 6.45) is 5.18. The van der Waals surface area contributed by atoms with Crippen molar-refractivity contribution in [3.8, 4) is 0 Å². The Balaban J connectivity index is 0.000000265. The van der Waals surface area contributed by atoms with Crippen LogP contribution in [0.25, 0.3) is 0 Å². The molecule has 1 saturated heterocycles.